The molecule has 4 aromatic rings. The Hall–Kier alpha value is -3.73. The zero-order valence-electron chi connectivity index (χ0n) is 18.6. The van der Waals surface area contributed by atoms with Gasteiger partial charge in [0.25, 0.3) is 5.91 Å². The van der Waals surface area contributed by atoms with E-state index in [1.807, 2.05) is 0 Å². The highest BCUT2D eigenvalue weighted by atomic mass is 79.9. The maximum atomic E-state index is 13.4. The predicted octanol–water partition coefficient (Wildman–Crippen LogP) is 5.23. The quantitative estimate of drug-likeness (QED) is 0.358. The average molecular weight is 546 g/mol. The minimum Gasteiger partial charge on any atom is -0.366 e. The van der Waals surface area contributed by atoms with Crippen molar-refractivity contribution in [2.24, 2.45) is 5.73 Å². The van der Waals surface area contributed by atoms with Crippen molar-refractivity contribution in [2.75, 3.05) is 5.32 Å². The van der Waals surface area contributed by atoms with Crippen LogP contribution >= 0.6 is 15.9 Å². The fourth-order valence-electron chi connectivity index (χ4n) is 3.69. The number of aryl methyl sites for hydroxylation is 1. The SMILES string of the molecule is Cc1nn(Cc2ccc(C(N)=O)cc2)c(C)c1NC(=O)c1cc(C(F)(F)F)nc2ccc(Br)cc12. The van der Waals surface area contributed by atoms with Gasteiger partial charge in [0.15, 0.2) is 0 Å². The molecule has 2 aromatic heterocycles. The normalized spacial score (nSPS) is 11.6. The number of hydrogen-bond donors (Lipinski definition) is 2. The second-order valence-corrected chi connectivity index (χ2v) is 8.85. The lowest BCUT2D eigenvalue weighted by Crippen LogP contribution is -2.17. The monoisotopic (exact) mass is 545 g/mol. The summed E-state index contributed by atoms with van der Waals surface area (Å²) in [5, 5.41) is 7.45. The fraction of sp³-hybridized carbons (Fsp3) is 0.167. The number of aromatic nitrogens is 3. The molecule has 0 saturated heterocycles. The lowest BCUT2D eigenvalue weighted by Gasteiger charge is -2.13. The molecule has 2 heterocycles. The van der Waals surface area contributed by atoms with Crippen LogP contribution < -0.4 is 11.1 Å². The zero-order chi connectivity index (χ0) is 25.5. The number of anilines is 1. The molecule has 2 amide bonds. The molecular weight excluding hydrogens is 527 g/mol. The van der Waals surface area contributed by atoms with Crippen LogP contribution in [-0.4, -0.2) is 26.6 Å². The topological polar surface area (TPSA) is 103 Å². The Labute approximate surface area is 206 Å². The summed E-state index contributed by atoms with van der Waals surface area (Å²) in [5.41, 5.74) is 6.76. The van der Waals surface area contributed by atoms with Gasteiger partial charge in [-0.05, 0) is 55.8 Å². The van der Waals surface area contributed by atoms with Gasteiger partial charge in [-0.1, -0.05) is 28.1 Å². The molecule has 0 aliphatic rings. The molecular formula is C24H19BrF3N5O2. The number of carbonyl (C=O) groups is 2. The fourth-order valence-corrected chi connectivity index (χ4v) is 4.05. The largest absolute Gasteiger partial charge is 0.433 e. The lowest BCUT2D eigenvalue weighted by atomic mass is 10.1. The van der Waals surface area contributed by atoms with Gasteiger partial charge in [-0.3, -0.25) is 14.3 Å². The standard InChI is InChI=1S/C24H19BrF3N5O2/c1-12-21(13(2)33(32-12)11-14-3-5-15(6-4-14)22(29)34)31-23(35)18-10-20(24(26,27)28)30-19-8-7-16(25)9-17(18)19/h3-10H,11H2,1-2H3,(H2,29,34)(H,31,35). The van der Waals surface area contributed by atoms with Crippen molar-refractivity contribution >= 4 is 44.3 Å². The minimum atomic E-state index is -4.71. The van der Waals surface area contributed by atoms with Gasteiger partial charge < -0.3 is 11.1 Å². The number of nitrogens with zero attached hydrogens (tertiary/aromatic N) is 3. The van der Waals surface area contributed by atoms with Crippen LogP contribution in [0, 0.1) is 13.8 Å². The van der Waals surface area contributed by atoms with Gasteiger partial charge in [-0.2, -0.15) is 18.3 Å². The van der Waals surface area contributed by atoms with Crippen LogP contribution in [0.5, 0.6) is 0 Å². The van der Waals surface area contributed by atoms with E-state index < -0.39 is 23.7 Å². The maximum Gasteiger partial charge on any atom is 0.433 e. The molecule has 0 bridgehead atoms. The van der Waals surface area contributed by atoms with Crippen molar-refractivity contribution in [1.29, 1.82) is 0 Å². The average Bonchev–Trinajstić information content (AvgIpc) is 3.05. The summed E-state index contributed by atoms with van der Waals surface area (Å²) in [6, 6.07) is 12.0. The highest BCUT2D eigenvalue weighted by Crippen LogP contribution is 2.32. The minimum absolute atomic E-state index is 0.0525. The number of carbonyl (C=O) groups excluding carboxylic acids is 2. The maximum absolute atomic E-state index is 13.4. The molecule has 0 aliphatic heterocycles. The first-order valence-electron chi connectivity index (χ1n) is 10.4. The molecule has 2 aromatic carbocycles. The number of benzene rings is 2. The second-order valence-electron chi connectivity index (χ2n) is 7.93. The number of pyridine rings is 1. The molecule has 35 heavy (non-hydrogen) atoms. The van der Waals surface area contributed by atoms with E-state index in [1.54, 1.807) is 54.9 Å². The highest BCUT2D eigenvalue weighted by Gasteiger charge is 2.34. The molecule has 0 saturated carbocycles. The van der Waals surface area contributed by atoms with Gasteiger partial charge in [-0.15, -0.1) is 0 Å². The van der Waals surface area contributed by atoms with E-state index in [4.69, 9.17) is 5.73 Å². The Balaban J connectivity index is 1.67. The Morgan fingerprint density at radius 3 is 2.40 bits per heavy atom. The Bertz CT molecular complexity index is 1460. The number of rotatable bonds is 5. The third-order valence-corrected chi connectivity index (χ3v) is 5.99. The van der Waals surface area contributed by atoms with E-state index in [0.29, 0.717) is 33.7 Å². The van der Waals surface area contributed by atoms with E-state index >= 15 is 0 Å². The number of halogens is 4. The van der Waals surface area contributed by atoms with Gasteiger partial charge >= 0.3 is 6.18 Å². The number of amides is 2. The molecule has 0 spiro atoms. The number of hydrogen-bond acceptors (Lipinski definition) is 4. The smallest absolute Gasteiger partial charge is 0.366 e. The Kier molecular flexibility index (Phi) is 6.37. The molecule has 0 aliphatic carbocycles. The molecule has 0 fully saturated rings. The highest BCUT2D eigenvalue weighted by molar-refractivity contribution is 9.10. The summed E-state index contributed by atoms with van der Waals surface area (Å²) in [4.78, 5) is 28.1. The summed E-state index contributed by atoms with van der Waals surface area (Å²) in [5.74, 6) is -1.24. The van der Waals surface area contributed by atoms with Gasteiger partial charge in [0.1, 0.15) is 5.69 Å². The van der Waals surface area contributed by atoms with Gasteiger partial charge in [-0.25, -0.2) is 4.98 Å². The first kappa shape index (κ1) is 24.4. The van der Waals surface area contributed by atoms with Crippen LogP contribution in [0.2, 0.25) is 0 Å². The van der Waals surface area contributed by atoms with Gasteiger partial charge in [0.2, 0.25) is 5.91 Å². The predicted molar refractivity (Wildman–Crippen MR) is 128 cm³/mol. The van der Waals surface area contributed by atoms with E-state index in [0.717, 1.165) is 11.6 Å². The zero-order valence-corrected chi connectivity index (χ0v) is 20.2. The summed E-state index contributed by atoms with van der Waals surface area (Å²) >= 11 is 3.29. The first-order valence-corrected chi connectivity index (χ1v) is 11.1. The van der Waals surface area contributed by atoms with E-state index in [9.17, 15) is 22.8 Å². The summed E-state index contributed by atoms with van der Waals surface area (Å²) in [7, 11) is 0. The molecule has 7 nitrogen and oxygen atoms in total. The van der Waals surface area contributed by atoms with Crippen molar-refractivity contribution in [3.63, 3.8) is 0 Å². The number of nitrogens with one attached hydrogen (secondary N) is 1. The van der Waals surface area contributed by atoms with E-state index in [1.165, 1.54) is 6.07 Å². The first-order chi connectivity index (χ1) is 16.4. The molecule has 11 heteroatoms. The Morgan fingerprint density at radius 1 is 1.09 bits per heavy atom. The van der Waals surface area contributed by atoms with Crippen LogP contribution in [0.3, 0.4) is 0 Å². The van der Waals surface area contributed by atoms with Crippen molar-refractivity contribution in [3.05, 3.63) is 86.8 Å². The summed E-state index contributed by atoms with van der Waals surface area (Å²) < 4.78 is 42.6. The van der Waals surface area contributed by atoms with Crippen molar-refractivity contribution in [3.8, 4) is 0 Å². The van der Waals surface area contributed by atoms with Crippen LogP contribution in [0.4, 0.5) is 18.9 Å². The third kappa shape index (κ3) is 5.04. The number of fused-ring (bicyclic) bond motifs is 1. The molecule has 0 atom stereocenters. The van der Waals surface area contributed by atoms with E-state index in [2.05, 4.69) is 31.3 Å². The Morgan fingerprint density at radius 2 is 1.77 bits per heavy atom. The van der Waals surface area contributed by atoms with Crippen molar-refractivity contribution in [2.45, 2.75) is 26.6 Å². The molecule has 3 N–H and O–H groups in total. The number of primary amides is 1. The lowest BCUT2D eigenvalue weighted by molar-refractivity contribution is -0.140. The van der Waals surface area contributed by atoms with Crippen molar-refractivity contribution in [1.82, 2.24) is 14.8 Å². The number of nitrogens with two attached hydrogens (primary N) is 1. The van der Waals surface area contributed by atoms with Crippen LogP contribution in [0.25, 0.3) is 10.9 Å². The van der Waals surface area contributed by atoms with Crippen molar-refractivity contribution < 1.29 is 22.8 Å². The summed E-state index contributed by atoms with van der Waals surface area (Å²) in [6.45, 7) is 3.79. The molecule has 0 unspecified atom stereocenters. The molecule has 0 radical (unpaired) electrons. The second kappa shape index (κ2) is 9.14. The third-order valence-electron chi connectivity index (χ3n) is 5.50. The van der Waals surface area contributed by atoms with Gasteiger partial charge in [0.05, 0.1) is 34.7 Å². The summed E-state index contributed by atoms with van der Waals surface area (Å²) in [6.07, 6.45) is -4.71. The van der Waals surface area contributed by atoms with Gasteiger partial charge in [0, 0.05) is 15.4 Å². The number of alkyl halides is 3. The molecule has 4 rings (SSSR count). The van der Waals surface area contributed by atoms with Crippen LogP contribution in [0.1, 0.15) is 43.4 Å². The van der Waals surface area contributed by atoms with Crippen LogP contribution in [0.15, 0.2) is 53.0 Å². The van der Waals surface area contributed by atoms with Crippen LogP contribution in [-0.2, 0) is 12.7 Å². The molecule has 180 valence electrons. The van der Waals surface area contributed by atoms with E-state index in [-0.39, 0.29) is 16.5 Å².